The topological polar surface area (TPSA) is 9.23 Å². The maximum absolute atomic E-state index is 13.7. The summed E-state index contributed by atoms with van der Waals surface area (Å²) in [5.74, 6) is -0.0981. The third kappa shape index (κ3) is 3.18. The fourth-order valence-electron chi connectivity index (χ4n) is 1.86. The van der Waals surface area contributed by atoms with Gasteiger partial charge in [0.1, 0.15) is 0 Å². The van der Waals surface area contributed by atoms with Gasteiger partial charge in [-0.15, -0.1) is 0 Å². The molecule has 100 valence electrons. The molecule has 2 aromatic carbocycles. The minimum Gasteiger partial charge on any atom is -0.494 e. The Bertz CT molecular complexity index is 599. The van der Waals surface area contributed by atoms with Crippen molar-refractivity contribution in [3.05, 3.63) is 63.4 Å². The van der Waals surface area contributed by atoms with Crippen LogP contribution in [0.3, 0.4) is 0 Å². The fourth-order valence-corrected chi connectivity index (χ4v) is 3.57. The standard InChI is InChI=1S/C15H13Br2FO/c1-9-3-5-11(12(16)7-9)15(17)10-4-6-14(19-2)13(18)8-10/h3-8,15H,1-2H3. The molecule has 1 nitrogen and oxygen atoms in total. The summed E-state index contributed by atoms with van der Waals surface area (Å²) in [7, 11) is 1.46. The van der Waals surface area contributed by atoms with Gasteiger partial charge in [0.25, 0.3) is 0 Å². The minimum atomic E-state index is -0.354. The Labute approximate surface area is 129 Å². The van der Waals surface area contributed by atoms with Gasteiger partial charge in [0.15, 0.2) is 11.6 Å². The maximum Gasteiger partial charge on any atom is 0.165 e. The smallest absolute Gasteiger partial charge is 0.165 e. The van der Waals surface area contributed by atoms with Crippen molar-refractivity contribution in [3.63, 3.8) is 0 Å². The Balaban J connectivity index is 2.38. The molecular formula is C15H13Br2FO. The molecular weight excluding hydrogens is 375 g/mol. The number of halogens is 3. The number of benzene rings is 2. The van der Waals surface area contributed by atoms with Crippen LogP contribution in [-0.4, -0.2) is 7.11 Å². The zero-order valence-electron chi connectivity index (χ0n) is 10.6. The molecule has 1 unspecified atom stereocenters. The summed E-state index contributed by atoms with van der Waals surface area (Å²) in [6.45, 7) is 2.03. The highest BCUT2D eigenvalue weighted by molar-refractivity contribution is 9.11. The highest BCUT2D eigenvalue weighted by atomic mass is 79.9. The van der Waals surface area contributed by atoms with Crippen LogP contribution in [-0.2, 0) is 0 Å². The molecule has 0 spiro atoms. The van der Waals surface area contributed by atoms with Crippen LogP contribution in [0.4, 0.5) is 4.39 Å². The lowest BCUT2D eigenvalue weighted by atomic mass is 10.0. The third-order valence-corrected chi connectivity index (χ3v) is 4.61. The van der Waals surface area contributed by atoms with E-state index in [1.165, 1.54) is 18.7 Å². The van der Waals surface area contributed by atoms with Gasteiger partial charge in [-0.2, -0.15) is 0 Å². The van der Waals surface area contributed by atoms with E-state index in [1.807, 2.05) is 31.2 Å². The summed E-state index contributed by atoms with van der Waals surface area (Å²) in [6, 6.07) is 11.1. The van der Waals surface area contributed by atoms with Crippen molar-refractivity contribution in [2.75, 3.05) is 7.11 Å². The molecule has 0 heterocycles. The van der Waals surface area contributed by atoms with Gasteiger partial charge in [0, 0.05) is 4.47 Å². The zero-order chi connectivity index (χ0) is 14.0. The molecule has 2 aromatic rings. The number of hydrogen-bond acceptors (Lipinski definition) is 1. The molecule has 4 heteroatoms. The third-order valence-electron chi connectivity index (χ3n) is 2.90. The minimum absolute atomic E-state index is 0.0668. The molecule has 0 saturated carbocycles. The van der Waals surface area contributed by atoms with Crippen molar-refractivity contribution >= 4 is 31.9 Å². The second-order valence-electron chi connectivity index (χ2n) is 4.28. The van der Waals surface area contributed by atoms with Gasteiger partial charge in [-0.1, -0.05) is 50.1 Å². The Morgan fingerprint density at radius 3 is 2.47 bits per heavy atom. The lowest BCUT2D eigenvalue weighted by Gasteiger charge is -2.14. The van der Waals surface area contributed by atoms with Crippen molar-refractivity contribution in [1.82, 2.24) is 0 Å². The monoisotopic (exact) mass is 386 g/mol. The van der Waals surface area contributed by atoms with Crippen molar-refractivity contribution in [3.8, 4) is 5.75 Å². The molecule has 0 aliphatic heterocycles. The molecule has 0 N–H and O–H groups in total. The van der Waals surface area contributed by atoms with Gasteiger partial charge >= 0.3 is 0 Å². The molecule has 0 amide bonds. The SMILES string of the molecule is COc1ccc(C(Br)c2ccc(C)cc2Br)cc1F. The van der Waals surface area contributed by atoms with E-state index in [0.717, 1.165) is 15.6 Å². The molecule has 0 bridgehead atoms. The molecule has 0 fully saturated rings. The van der Waals surface area contributed by atoms with Crippen LogP contribution >= 0.6 is 31.9 Å². The number of alkyl halides is 1. The van der Waals surface area contributed by atoms with Crippen LogP contribution in [0.2, 0.25) is 0 Å². The lowest BCUT2D eigenvalue weighted by Crippen LogP contribution is -1.97. The predicted octanol–water partition coefficient (Wildman–Crippen LogP) is 5.39. The summed E-state index contributed by atoms with van der Waals surface area (Å²) >= 11 is 7.16. The largest absolute Gasteiger partial charge is 0.494 e. The Morgan fingerprint density at radius 1 is 1.16 bits per heavy atom. The second kappa shape index (κ2) is 6.06. The highest BCUT2D eigenvalue weighted by Crippen LogP contribution is 2.36. The summed E-state index contributed by atoms with van der Waals surface area (Å²) in [5, 5.41) is 0. The predicted molar refractivity (Wildman–Crippen MR) is 82.6 cm³/mol. The Hall–Kier alpha value is -0.870. The first-order chi connectivity index (χ1) is 9.02. The molecule has 19 heavy (non-hydrogen) atoms. The van der Waals surface area contributed by atoms with E-state index >= 15 is 0 Å². The van der Waals surface area contributed by atoms with Gasteiger partial charge in [-0.05, 0) is 41.8 Å². The number of rotatable bonds is 3. The average Bonchev–Trinajstić information content (AvgIpc) is 2.38. The number of ether oxygens (including phenoxy) is 1. The number of hydrogen-bond donors (Lipinski definition) is 0. The van der Waals surface area contributed by atoms with Crippen molar-refractivity contribution < 1.29 is 9.13 Å². The second-order valence-corrected chi connectivity index (χ2v) is 6.05. The van der Waals surface area contributed by atoms with Crippen LogP contribution in [0.15, 0.2) is 40.9 Å². The number of aryl methyl sites for hydroxylation is 1. The van der Waals surface area contributed by atoms with Crippen molar-refractivity contribution in [1.29, 1.82) is 0 Å². The summed E-state index contributed by atoms with van der Waals surface area (Å²) in [6.07, 6.45) is 0. The van der Waals surface area contributed by atoms with E-state index < -0.39 is 0 Å². The van der Waals surface area contributed by atoms with E-state index in [2.05, 4.69) is 31.9 Å². The summed E-state index contributed by atoms with van der Waals surface area (Å²) < 4.78 is 19.7. The van der Waals surface area contributed by atoms with Crippen LogP contribution in [0, 0.1) is 12.7 Å². The van der Waals surface area contributed by atoms with Crippen LogP contribution < -0.4 is 4.74 Å². The first-order valence-corrected chi connectivity index (χ1v) is 7.47. The Morgan fingerprint density at radius 2 is 1.89 bits per heavy atom. The zero-order valence-corrected chi connectivity index (χ0v) is 13.8. The normalized spacial score (nSPS) is 12.3. The molecule has 0 aliphatic rings. The van der Waals surface area contributed by atoms with E-state index in [-0.39, 0.29) is 16.4 Å². The maximum atomic E-state index is 13.7. The quantitative estimate of drug-likeness (QED) is 0.641. The van der Waals surface area contributed by atoms with Gasteiger partial charge in [0.2, 0.25) is 0 Å². The van der Waals surface area contributed by atoms with Gasteiger partial charge in [-0.25, -0.2) is 4.39 Å². The van der Waals surface area contributed by atoms with E-state index in [1.54, 1.807) is 6.07 Å². The molecule has 0 aliphatic carbocycles. The molecule has 0 saturated heterocycles. The summed E-state index contributed by atoms with van der Waals surface area (Å²) in [4.78, 5) is -0.0668. The summed E-state index contributed by atoms with van der Waals surface area (Å²) in [5.41, 5.74) is 3.09. The highest BCUT2D eigenvalue weighted by Gasteiger charge is 2.15. The molecule has 1 atom stereocenters. The van der Waals surface area contributed by atoms with E-state index in [0.29, 0.717) is 0 Å². The van der Waals surface area contributed by atoms with E-state index in [4.69, 9.17) is 4.74 Å². The van der Waals surface area contributed by atoms with Crippen LogP contribution in [0.1, 0.15) is 21.5 Å². The van der Waals surface area contributed by atoms with Gasteiger partial charge in [0.05, 0.1) is 11.9 Å². The van der Waals surface area contributed by atoms with E-state index in [9.17, 15) is 4.39 Å². The molecule has 2 rings (SSSR count). The Kier molecular flexibility index (Phi) is 4.63. The van der Waals surface area contributed by atoms with Crippen LogP contribution in [0.5, 0.6) is 5.75 Å². The molecule has 0 aromatic heterocycles. The van der Waals surface area contributed by atoms with Crippen LogP contribution in [0.25, 0.3) is 0 Å². The molecule has 0 radical (unpaired) electrons. The first kappa shape index (κ1) is 14.5. The first-order valence-electron chi connectivity index (χ1n) is 5.76. The van der Waals surface area contributed by atoms with Gasteiger partial charge in [-0.3, -0.25) is 0 Å². The lowest BCUT2D eigenvalue weighted by molar-refractivity contribution is 0.386. The van der Waals surface area contributed by atoms with Gasteiger partial charge < -0.3 is 4.74 Å². The average molecular weight is 388 g/mol. The fraction of sp³-hybridized carbons (Fsp3) is 0.200. The van der Waals surface area contributed by atoms with Crippen molar-refractivity contribution in [2.45, 2.75) is 11.8 Å². The number of methoxy groups -OCH3 is 1. The van der Waals surface area contributed by atoms with Crippen molar-refractivity contribution in [2.24, 2.45) is 0 Å².